The lowest BCUT2D eigenvalue weighted by atomic mass is 9.90. The van der Waals surface area contributed by atoms with Crippen LogP contribution in [-0.4, -0.2) is 0 Å². The van der Waals surface area contributed by atoms with Gasteiger partial charge >= 0.3 is 0 Å². The van der Waals surface area contributed by atoms with Gasteiger partial charge in [-0.3, -0.25) is 0 Å². The molecule has 0 nitrogen and oxygen atoms in total. The highest BCUT2D eigenvalue weighted by atomic mass is 19.1. The molecule has 1 aromatic carbocycles. The maximum absolute atomic E-state index is 12.7. The number of hydrogen-bond donors (Lipinski definition) is 0. The van der Waals surface area contributed by atoms with Crippen LogP contribution in [0.5, 0.6) is 0 Å². The zero-order valence-corrected chi connectivity index (χ0v) is 9.20. The van der Waals surface area contributed by atoms with Crippen molar-refractivity contribution in [3.05, 3.63) is 72.1 Å². The van der Waals surface area contributed by atoms with Crippen molar-refractivity contribution in [2.24, 2.45) is 5.92 Å². The summed E-state index contributed by atoms with van der Waals surface area (Å²) in [4.78, 5) is 0. The number of hydrogen-bond acceptors (Lipinski definition) is 0. The molecule has 1 aliphatic carbocycles. The number of benzene rings is 1. The molecule has 0 heterocycles. The molecule has 0 N–H and O–H groups in total. The first-order valence-electron chi connectivity index (χ1n) is 5.51. The van der Waals surface area contributed by atoms with E-state index in [0.29, 0.717) is 5.92 Å². The van der Waals surface area contributed by atoms with Crippen LogP contribution in [0.4, 0.5) is 4.39 Å². The van der Waals surface area contributed by atoms with E-state index in [1.165, 1.54) is 17.7 Å². The standard InChI is InChI=1S/C15H15F/c1-2-12-4-3-5-14(10-12)11-13-6-8-15(16)9-7-13/h2-9,12H,1,10-11H2/t12-/m0/s1. The van der Waals surface area contributed by atoms with Crippen LogP contribution in [0.2, 0.25) is 0 Å². The third-order valence-electron chi connectivity index (χ3n) is 2.84. The molecule has 0 amide bonds. The van der Waals surface area contributed by atoms with Crippen LogP contribution >= 0.6 is 0 Å². The highest BCUT2D eigenvalue weighted by molar-refractivity contribution is 5.28. The zero-order chi connectivity index (χ0) is 11.4. The topological polar surface area (TPSA) is 0 Å². The average molecular weight is 214 g/mol. The zero-order valence-electron chi connectivity index (χ0n) is 9.20. The van der Waals surface area contributed by atoms with Crippen molar-refractivity contribution in [3.63, 3.8) is 0 Å². The van der Waals surface area contributed by atoms with E-state index in [4.69, 9.17) is 0 Å². The summed E-state index contributed by atoms with van der Waals surface area (Å²) in [6.45, 7) is 3.81. The van der Waals surface area contributed by atoms with Gasteiger partial charge in [-0.05, 0) is 36.5 Å². The number of rotatable bonds is 3. The summed E-state index contributed by atoms with van der Waals surface area (Å²) >= 11 is 0. The van der Waals surface area contributed by atoms with Crippen LogP contribution in [0.15, 0.2) is 60.7 Å². The Bertz CT molecular complexity index is 423. The molecule has 16 heavy (non-hydrogen) atoms. The molecule has 82 valence electrons. The monoisotopic (exact) mass is 214 g/mol. The Balaban J connectivity index is 2.05. The van der Waals surface area contributed by atoms with Crippen molar-refractivity contribution >= 4 is 0 Å². The summed E-state index contributed by atoms with van der Waals surface area (Å²) in [5, 5.41) is 0. The molecule has 1 heteroatoms. The van der Waals surface area contributed by atoms with Crippen molar-refractivity contribution in [3.8, 4) is 0 Å². The summed E-state index contributed by atoms with van der Waals surface area (Å²) in [5.74, 6) is 0.269. The Morgan fingerprint density at radius 1 is 1.31 bits per heavy atom. The smallest absolute Gasteiger partial charge is 0.123 e. The van der Waals surface area contributed by atoms with Gasteiger partial charge in [0.15, 0.2) is 0 Å². The van der Waals surface area contributed by atoms with Gasteiger partial charge in [-0.2, -0.15) is 0 Å². The second-order valence-corrected chi connectivity index (χ2v) is 4.12. The summed E-state index contributed by atoms with van der Waals surface area (Å²) in [5.41, 5.74) is 2.53. The maximum atomic E-state index is 12.7. The fourth-order valence-corrected chi connectivity index (χ4v) is 1.93. The van der Waals surface area contributed by atoms with E-state index in [1.54, 1.807) is 0 Å². The molecular weight excluding hydrogens is 199 g/mol. The Labute approximate surface area is 95.8 Å². The first-order chi connectivity index (χ1) is 7.78. The van der Waals surface area contributed by atoms with Gasteiger partial charge in [0.25, 0.3) is 0 Å². The van der Waals surface area contributed by atoms with Crippen LogP contribution in [0, 0.1) is 11.7 Å². The predicted molar refractivity (Wildman–Crippen MR) is 65.6 cm³/mol. The quantitative estimate of drug-likeness (QED) is 0.666. The summed E-state index contributed by atoms with van der Waals surface area (Å²) in [6.07, 6.45) is 10.3. The van der Waals surface area contributed by atoms with Crippen molar-refractivity contribution in [2.75, 3.05) is 0 Å². The molecule has 1 atom stereocenters. The Hall–Kier alpha value is -1.63. The van der Waals surface area contributed by atoms with E-state index in [2.05, 4.69) is 24.8 Å². The van der Waals surface area contributed by atoms with E-state index in [1.807, 2.05) is 18.2 Å². The van der Waals surface area contributed by atoms with Crippen molar-refractivity contribution in [1.29, 1.82) is 0 Å². The van der Waals surface area contributed by atoms with Gasteiger partial charge in [0, 0.05) is 0 Å². The molecule has 0 spiro atoms. The summed E-state index contributed by atoms with van der Waals surface area (Å²) in [7, 11) is 0. The molecule has 2 rings (SSSR count). The summed E-state index contributed by atoms with van der Waals surface area (Å²) in [6, 6.07) is 6.72. The average Bonchev–Trinajstić information content (AvgIpc) is 2.32. The lowest BCUT2D eigenvalue weighted by Gasteiger charge is -2.15. The number of halogens is 1. The third-order valence-corrected chi connectivity index (χ3v) is 2.84. The largest absolute Gasteiger partial charge is 0.207 e. The van der Waals surface area contributed by atoms with Gasteiger partial charge in [-0.25, -0.2) is 4.39 Å². The van der Waals surface area contributed by atoms with Crippen LogP contribution in [-0.2, 0) is 6.42 Å². The molecule has 0 aromatic heterocycles. The Morgan fingerprint density at radius 3 is 2.75 bits per heavy atom. The Morgan fingerprint density at radius 2 is 2.06 bits per heavy atom. The Kier molecular flexibility index (Phi) is 3.35. The minimum atomic E-state index is -0.176. The summed E-state index contributed by atoms with van der Waals surface area (Å²) < 4.78 is 12.7. The van der Waals surface area contributed by atoms with E-state index in [9.17, 15) is 4.39 Å². The molecule has 0 aliphatic heterocycles. The molecule has 0 radical (unpaired) electrons. The SMILES string of the molecule is C=C[C@H]1C=CC=C(Cc2ccc(F)cc2)C1. The van der Waals surface area contributed by atoms with Gasteiger partial charge in [0.1, 0.15) is 5.82 Å². The van der Waals surface area contributed by atoms with Gasteiger partial charge in [0.05, 0.1) is 0 Å². The van der Waals surface area contributed by atoms with Crippen LogP contribution in [0.3, 0.4) is 0 Å². The maximum Gasteiger partial charge on any atom is 0.123 e. The molecule has 0 saturated heterocycles. The van der Waals surface area contributed by atoms with Gasteiger partial charge in [-0.15, -0.1) is 6.58 Å². The van der Waals surface area contributed by atoms with E-state index in [-0.39, 0.29) is 5.82 Å². The molecule has 0 fully saturated rings. The van der Waals surface area contributed by atoms with E-state index >= 15 is 0 Å². The molecular formula is C15H15F. The van der Waals surface area contributed by atoms with Gasteiger partial charge in [-0.1, -0.05) is 42.0 Å². The van der Waals surface area contributed by atoms with Crippen LogP contribution < -0.4 is 0 Å². The van der Waals surface area contributed by atoms with E-state index in [0.717, 1.165) is 18.4 Å². The van der Waals surface area contributed by atoms with Crippen molar-refractivity contribution in [1.82, 2.24) is 0 Å². The van der Waals surface area contributed by atoms with Crippen LogP contribution in [0.1, 0.15) is 12.0 Å². The highest BCUT2D eigenvalue weighted by Gasteiger charge is 2.08. The van der Waals surface area contributed by atoms with Gasteiger partial charge in [0.2, 0.25) is 0 Å². The van der Waals surface area contributed by atoms with Crippen molar-refractivity contribution in [2.45, 2.75) is 12.8 Å². The molecule has 1 aliphatic rings. The van der Waals surface area contributed by atoms with Crippen molar-refractivity contribution < 1.29 is 4.39 Å². The first kappa shape index (κ1) is 10.9. The lowest BCUT2D eigenvalue weighted by molar-refractivity contribution is 0.627. The first-order valence-corrected chi connectivity index (χ1v) is 5.51. The normalized spacial score (nSPS) is 19.3. The van der Waals surface area contributed by atoms with E-state index < -0.39 is 0 Å². The second kappa shape index (κ2) is 4.93. The molecule has 0 bridgehead atoms. The molecule has 0 unspecified atom stereocenters. The minimum Gasteiger partial charge on any atom is -0.207 e. The predicted octanol–water partition coefficient (Wildman–Crippen LogP) is 4.06. The molecule has 0 saturated carbocycles. The van der Waals surface area contributed by atoms with Crippen LogP contribution in [0.25, 0.3) is 0 Å². The third kappa shape index (κ3) is 2.69. The van der Waals surface area contributed by atoms with Gasteiger partial charge < -0.3 is 0 Å². The fraction of sp³-hybridized carbons (Fsp3) is 0.200. The fourth-order valence-electron chi connectivity index (χ4n) is 1.93. The highest BCUT2D eigenvalue weighted by Crippen LogP contribution is 2.22. The second-order valence-electron chi connectivity index (χ2n) is 4.12. The molecule has 1 aromatic rings. The number of allylic oxidation sites excluding steroid dienone is 5. The minimum absolute atomic E-state index is 0.176. The lowest BCUT2D eigenvalue weighted by Crippen LogP contribution is -2.01.